The third-order valence-corrected chi connectivity index (χ3v) is 6.08. The molecule has 3 aromatic rings. The van der Waals surface area contributed by atoms with Crippen molar-refractivity contribution in [3.8, 4) is 5.75 Å². The number of hydrogen-bond donors (Lipinski definition) is 2. The maximum Gasteiger partial charge on any atom is 0.471 e. The molecule has 0 aliphatic rings. The Morgan fingerprint density at radius 2 is 1.64 bits per heavy atom. The van der Waals surface area contributed by atoms with Crippen molar-refractivity contribution in [1.82, 2.24) is 5.32 Å². The van der Waals surface area contributed by atoms with Crippen LogP contribution in [0.1, 0.15) is 22.7 Å². The van der Waals surface area contributed by atoms with E-state index in [1.807, 2.05) is 55.5 Å². The number of ether oxygens (including phenoxy) is 1. The van der Waals surface area contributed by atoms with E-state index in [2.05, 4.69) is 26.6 Å². The van der Waals surface area contributed by atoms with Gasteiger partial charge in [0.25, 0.3) is 0 Å². The van der Waals surface area contributed by atoms with Gasteiger partial charge < -0.3 is 15.4 Å². The number of amides is 1. The monoisotopic (exact) mass is 520 g/mol. The fourth-order valence-corrected chi connectivity index (χ4v) is 4.05. The van der Waals surface area contributed by atoms with E-state index < -0.39 is 24.2 Å². The van der Waals surface area contributed by atoms with Crippen LogP contribution < -0.4 is 15.4 Å². The summed E-state index contributed by atoms with van der Waals surface area (Å²) < 4.78 is 45.6. The molecular formula is C25H24BrF3N2O2. The first kappa shape index (κ1) is 24.6. The van der Waals surface area contributed by atoms with Crippen LogP contribution in [0.2, 0.25) is 0 Å². The molecule has 174 valence electrons. The second-order valence-electron chi connectivity index (χ2n) is 7.58. The number of alkyl halides is 3. The van der Waals surface area contributed by atoms with Crippen LogP contribution in [-0.2, 0) is 11.2 Å². The Labute approximate surface area is 199 Å². The molecule has 0 bridgehead atoms. The number of hydrogen-bond acceptors (Lipinski definition) is 3. The van der Waals surface area contributed by atoms with Crippen molar-refractivity contribution in [2.75, 3.05) is 12.4 Å². The van der Waals surface area contributed by atoms with Crippen LogP contribution in [0.25, 0.3) is 0 Å². The molecule has 3 aromatic carbocycles. The lowest BCUT2D eigenvalue weighted by Crippen LogP contribution is -2.48. The van der Waals surface area contributed by atoms with Crippen molar-refractivity contribution in [2.24, 2.45) is 0 Å². The minimum atomic E-state index is -5.00. The molecule has 2 atom stereocenters. The number of carbonyl (C=O) groups excluding carboxylic acids is 1. The first-order chi connectivity index (χ1) is 15.7. The smallest absolute Gasteiger partial charge is 0.471 e. The second-order valence-corrected chi connectivity index (χ2v) is 8.43. The van der Waals surface area contributed by atoms with Gasteiger partial charge in [-0.15, -0.1) is 0 Å². The first-order valence-electron chi connectivity index (χ1n) is 10.3. The van der Waals surface area contributed by atoms with Crippen LogP contribution in [0.15, 0.2) is 77.3 Å². The number of rotatable bonds is 8. The van der Waals surface area contributed by atoms with E-state index in [4.69, 9.17) is 4.74 Å². The van der Waals surface area contributed by atoms with Crippen molar-refractivity contribution >= 4 is 27.5 Å². The highest BCUT2D eigenvalue weighted by Crippen LogP contribution is 2.30. The van der Waals surface area contributed by atoms with Gasteiger partial charge in [-0.3, -0.25) is 4.79 Å². The Bertz CT molecular complexity index is 1090. The van der Waals surface area contributed by atoms with Gasteiger partial charge in [0, 0.05) is 10.2 Å². The Hall–Kier alpha value is -3.00. The molecule has 3 rings (SSSR count). The molecule has 0 aliphatic heterocycles. The molecule has 0 aromatic heterocycles. The van der Waals surface area contributed by atoms with E-state index in [1.165, 1.54) is 0 Å². The van der Waals surface area contributed by atoms with E-state index in [9.17, 15) is 18.0 Å². The molecule has 8 heteroatoms. The number of benzene rings is 3. The van der Waals surface area contributed by atoms with Gasteiger partial charge in [0.15, 0.2) is 0 Å². The zero-order valence-corrected chi connectivity index (χ0v) is 19.7. The van der Waals surface area contributed by atoms with Crippen LogP contribution in [-0.4, -0.2) is 25.2 Å². The normalized spacial score (nSPS) is 13.2. The molecule has 0 saturated heterocycles. The average molecular weight is 521 g/mol. The van der Waals surface area contributed by atoms with E-state index in [0.717, 1.165) is 21.2 Å². The molecule has 2 N–H and O–H groups in total. The molecule has 4 nitrogen and oxygen atoms in total. The minimum Gasteiger partial charge on any atom is -0.497 e. The molecule has 0 radical (unpaired) electrons. The second kappa shape index (κ2) is 10.7. The fraction of sp³-hybridized carbons (Fsp3) is 0.240. The third-order valence-electron chi connectivity index (χ3n) is 5.31. The van der Waals surface area contributed by atoms with Crippen LogP contribution in [0.3, 0.4) is 0 Å². The molecule has 0 aliphatic carbocycles. The standard InChI is InChI=1S/C25H24BrF3N2O2/c1-16-7-3-5-9-20(16)23(30-18-11-13-19(33-2)14-12-18)22(31-24(32)25(27,28)29)15-17-8-4-6-10-21(17)26/h3-14,22-23,30H,15H2,1-2H3,(H,31,32)/t22-,23+/m0/s1. The van der Waals surface area contributed by atoms with Crippen LogP contribution in [0.5, 0.6) is 5.75 Å². The van der Waals surface area contributed by atoms with Gasteiger partial charge in [0.2, 0.25) is 0 Å². The van der Waals surface area contributed by atoms with Gasteiger partial charge in [-0.05, 0) is 60.4 Å². The summed E-state index contributed by atoms with van der Waals surface area (Å²) in [6.07, 6.45) is -4.83. The number of halogens is 4. The highest BCUT2D eigenvalue weighted by Gasteiger charge is 2.41. The summed E-state index contributed by atoms with van der Waals surface area (Å²) in [7, 11) is 1.55. The number of methoxy groups -OCH3 is 1. The van der Waals surface area contributed by atoms with Crippen molar-refractivity contribution in [3.05, 3.63) is 94.0 Å². The van der Waals surface area contributed by atoms with Gasteiger partial charge >= 0.3 is 12.1 Å². The minimum absolute atomic E-state index is 0.172. The Balaban J connectivity index is 2.05. The molecule has 0 unspecified atom stereocenters. The lowest BCUT2D eigenvalue weighted by molar-refractivity contribution is -0.174. The van der Waals surface area contributed by atoms with E-state index in [0.29, 0.717) is 11.4 Å². The van der Waals surface area contributed by atoms with Crippen molar-refractivity contribution in [2.45, 2.75) is 31.6 Å². The number of aryl methyl sites for hydroxylation is 1. The quantitative estimate of drug-likeness (QED) is 0.371. The van der Waals surface area contributed by atoms with Gasteiger partial charge in [-0.25, -0.2) is 0 Å². The summed E-state index contributed by atoms with van der Waals surface area (Å²) in [5, 5.41) is 5.56. The van der Waals surface area contributed by atoms with E-state index in [1.54, 1.807) is 31.4 Å². The number of nitrogens with one attached hydrogen (secondary N) is 2. The number of anilines is 1. The molecule has 0 saturated carbocycles. The summed E-state index contributed by atoms with van der Waals surface area (Å²) >= 11 is 3.46. The Kier molecular flexibility index (Phi) is 8.02. The van der Waals surface area contributed by atoms with Crippen LogP contribution in [0, 0.1) is 6.92 Å². The third kappa shape index (κ3) is 6.51. The molecule has 1 amide bonds. The Morgan fingerprint density at radius 3 is 2.24 bits per heavy atom. The predicted molar refractivity (Wildman–Crippen MR) is 126 cm³/mol. The molecule has 33 heavy (non-hydrogen) atoms. The number of carbonyl (C=O) groups is 1. The molecule has 0 spiro atoms. The largest absolute Gasteiger partial charge is 0.497 e. The van der Waals surface area contributed by atoms with Gasteiger partial charge in [-0.1, -0.05) is 58.4 Å². The van der Waals surface area contributed by atoms with Crippen LogP contribution >= 0.6 is 15.9 Å². The molecular weight excluding hydrogens is 497 g/mol. The zero-order chi connectivity index (χ0) is 24.0. The van der Waals surface area contributed by atoms with E-state index >= 15 is 0 Å². The summed E-state index contributed by atoms with van der Waals surface area (Å²) in [6, 6.07) is 20.2. The van der Waals surface area contributed by atoms with Crippen molar-refractivity contribution < 1.29 is 22.7 Å². The highest BCUT2D eigenvalue weighted by molar-refractivity contribution is 9.10. The van der Waals surface area contributed by atoms with Gasteiger partial charge in [0.1, 0.15) is 5.75 Å². The summed E-state index contributed by atoms with van der Waals surface area (Å²) in [4.78, 5) is 12.0. The molecule has 0 fully saturated rings. The van der Waals surface area contributed by atoms with Gasteiger partial charge in [-0.2, -0.15) is 13.2 Å². The Morgan fingerprint density at radius 1 is 1.00 bits per heavy atom. The van der Waals surface area contributed by atoms with E-state index in [-0.39, 0.29) is 6.42 Å². The topological polar surface area (TPSA) is 50.4 Å². The predicted octanol–water partition coefficient (Wildman–Crippen LogP) is 6.21. The van der Waals surface area contributed by atoms with Gasteiger partial charge in [0.05, 0.1) is 19.2 Å². The van der Waals surface area contributed by atoms with Crippen molar-refractivity contribution in [3.63, 3.8) is 0 Å². The molecule has 0 heterocycles. The maximum absolute atomic E-state index is 13.2. The summed E-state index contributed by atoms with van der Waals surface area (Å²) in [5.74, 6) is -1.32. The summed E-state index contributed by atoms with van der Waals surface area (Å²) in [6.45, 7) is 1.89. The van der Waals surface area contributed by atoms with Crippen molar-refractivity contribution in [1.29, 1.82) is 0 Å². The average Bonchev–Trinajstić information content (AvgIpc) is 2.79. The zero-order valence-electron chi connectivity index (χ0n) is 18.1. The lowest BCUT2D eigenvalue weighted by atomic mass is 9.90. The maximum atomic E-state index is 13.2. The first-order valence-corrected chi connectivity index (χ1v) is 11.1. The summed E-state index contributed by atoms with van der Waals surface area (Å²) in [5.41, 5.74) is 3.14. The SMILES string of the molecule is COc1ccc(N[C@H](c2ccccc2C)[C@H](Cc2ccccc2Br)NC(=O)C(F)(F)F)cc1. The fourth-order valence-electron chi connectivity index (χ4n) is 3.60. The highest BCUT2D eigenvalue weighted by atomic mass is 79.9. The van der Waals surface area contributed by atoms with Crippen LogP contribution in [0.4, 0.5) is 18.9 Å². The lowest BCUT2D eigenvalue weighted by Gasteiger charge is -2.32.